The molecule has 156 valence electrons. The number of imide groups is 1. The van der Waals surface area contributed by atoms with E-state index in [-0.39, 0.29) is 46.2 Å². The molecule has 1 saturated heterocycles. The highest BCUT2D eigenvalue weighted by atomic mass is 35.5. The molecule has 2 bridgehead atoms. The van der Waals surface area contributed by atoms with Crippen LogP contribution in [-0.2, 0) is 9.59 Å². The number of hydrazone groups is 1. The van der Waals surface area contributed by atoms with Crippen LogP contribution in [0.2, 0.25) is 5.02 Å². The van der Waals surface area contributed by atoms with Gasteiger partial charge in [-0.2, -0.15) is 10.1 Å². The maximum Gasteiger partial charge on any atom is 0.288 e. The molecule has 6 atom stereocenters. The fraction of sp³-hybridized carbons (Fsp3) is 0.318. The number of carbonyl (C=O) groups excluding carboxylic acids is 2. The van der Waals surface area contributed by atoms with Crippen molar-refractivity contribution in [2.24, 2.45) is 40.6 Å². The number of benzene rings is 1. The highest BCUT2D eigenvalue weighted by Gasteiger charge is 2.67. The molecule has 1 aromatic carbocycles. The summed E-state index contributed by atoms with van der Waals surface area (Å²) in [6.45, 7) is 0. The first kappa shape index (κ1) is 18.5. The number of amides is 2. The van der Waals surface area contributed by atoms with Gasteiger partial charge in [-0.1, -0.05) is 23.8 Å². The Balaban J connectivity index is 1.24. The number of allylic oxidation sites excluding steroid dienone is 2. The summed E-state index contributed by atoms with van der Waals surface area (Å²) in [7, 11) is 0. The van der Waals surface area contributed by atoms with Gasteiger partial charge < -0.3 is 4.42 Å². The van der Waals surface area contributed by atoms with Crippen molar-refractivity contribution < 1.29 is 18.9 Å². The lowest BCUT2D eigenvalue weighted by molar-refractivity contribution is -0.384. The van der Waals surface area contributed by atoms with Crippen molar-refractivity contribution in [3.63, 3.8) is 0 Å². The summed E-state index contributed by atoms with van der Waals surface area (Å²) >= 11 is 5.85. The molecule has 0 unspecified atom stereocenters. The van der Waals surface area contributed by atoms with Gasteiger partial charge in [-0.25, -0.2) is 0 Å². The fourth-order valence-electron chi connectivity index (χ4n) is 5.55. The van der Waals surface area contributed by atoms with Crippen LogP contribution in [0.1, 0.15) is 12.2 Å². The Morgan fingerprint density at radius 1 is 1.10 bits per heavy atom. The van der Waals surface area contributed by atoms with Crippen LogP contribution in [-0.4, -0.2) is 28.0 Å². The van der Waals surface area contributed by atoms with E-state index in [2.05, 4.69) is 17.3 Å². The number of nitro benzene ring substituents is 1. The molecule has 8 nitrogen and oxygen atoms in total. The van der Waals surface area contributed by atoms with Gasteiger partial charge in [0.15, 0.2) is 0 Å². The monoisotopic (exact) mass is 437 g/mol. The first-order valence-electron chi connectivity index (χ1n) is 10.1. The van der Waals surface area contributed by atoms with Gasteiger partial charge in [0.1, 0.15) is 16.5 Å². The largest absolute Gasteiger partial charge is 0.455 e. The Bertz CT molecular complexity index is 1180. The average Bonchev–Trinajstić information content (AvgIpc) is 3.39. The molecule has 0 spiro atoms. The molecule has 7 rings (SSSR count). The predicted octanol–water partition coefficient (Wildman–Crippen LogP) is 3.90. The van der Waals surface area contributed by atoms with Crippen LogP contribution in [0.3, 0.4) is 0 Å². The molecule has 2 aromatic rings. The Labute approximate surface area is 181 Å². The van der Waals surface area contributed by atoms with Crippen molar-refractivity contribution in [1.29, 1.82) is 0 Å². The van der Waals surface area contributed by atoms with Crippen LogP contribution in [0, 0.1) is 45.6 Å². The maximum absolute atomic E-state index is 12.9. The zero-order valence-corrected chi connectivity index (χ0v) is 16.8. The van der Waals surface area contributed by atoms with Gasteiger partial charge in [-0.15, -0.1) is 0 Å². The van der Waals surface area contributed by atoms with Crippen LogP contribution in [0.15, 0.2) is 52.0 Å². The summed E-state index contributed by atoms with van der Waals surface area (Å²) in [4.78, 5) is 36.4. The molecule has 0 N–H and O–H groups in total. The quantitative estimate of drug-likeness (QED) is 0.237. The minimum atomic E-state index is -0.562. The summed E-state index contributed by atoms with van der Waals surface area (Å²) in [5.74, 6) is 0.992. The number of furan rings is 1. The molecular formula is C22H16ClN3O5. The smallest absolute Gasteiger partial charge is 0.288 e. The molecule has 1 aromatic heterocycles. The predicted molar refractivity (Wildman–Crippen MR) is 110 cm³/mol. The van der Waals surface area contributed by atoms with E-state index < -0.39 is 4.92 Å². The first-order valence-corrected chi connectivity index (χ1v) is 10.5. The van der Waals surface area contributed by atoms with Crippen LogP contribution < -0.4 is 0 Å². The molecule has 4 aliphatic carbocycles. The summed E-state index contributed by atoms with van der Waals surface area (Å²) in [6.07, 6.45) is 6.67. The van der Waals surface area contributed by atoms with E-state index in [0.29, 0.717) is 28.9 Å². The minimum Gasteiger partial charge on any atom is -0.455 e. The summed E-state index contributed by atoms with van der Waals surface area (Å²) < 4.78 is 5.70. The second-order valence-corrected chi connectivity index (χ2v) is 8.92. The third-order valence-corrected chi connectivity index (χ3v) is 7.31. The van der Waals surface area contributed by atoms with Crippen molar-refractivity contribution >= 4 is 35.3 Å². The zero-order valence-electron chi connectivity index (χ0n) is 16.1. The first-order chi connectivity index (χ1) is 14.9. The van der Waals surface area contributed by atoms with Crippen LogP contribution >= 0.6 is 11.6 Å². The molecule has 2 heterocycles. The van der Waals surface area contributed by atoms with Crippen molar-refractivity contribution in [3.05, 3.63) is 63.4 Å². The van der Waals surface area contributed by atoms with E-state index in [1.165, 1.54) is 18.3 Å². The molecule has 3 fully saturated rings. The Morgan fingerprint density at radius 2 is 1.77 bits per heavy atom. The molecule has 0 radical (unpaired) electrons. The van der Waals surface area contributed by atoms with Gasteiger partial charge in [0.25, 0.3) is 17.5 Å². The Morgan fingerprint density at radius 3 is 2.42 bits per heavy atom. The average molecular weight is 438 g/mol. The number of hydrogen-bond acceptors (Lipinski definition) is 6. The lowest BCUT2D eigenvalue weighted by atomic mass is 9.63. The van der Waals surface area contributed by atoms with Crippen LogP contribution in [0.25, 0.3) is 11.3 Å². The van der Waals surface area contributed by atoms with E-state index >= 15 is 0 Å². The van der Waals surface area contributed by atoms with Crippen molar-refractivity contribution in [1.82, 2.24) is 5.01 Å². The van der Waals surface area contributed by atoms with Gasteiger partial charge in [-0.3, -0.25) is 19.7 Å². The third-order valence-electron chi connectivity index (χ3n) is 6.99. The topological polar surface area (TPSA) is 106 Å². The summed E-state index contributed by atoms with van der Waals surface area (Å²) in [5, 5.41) is 16.3. The van der Waals surface area contributed by atoms with Crippen LogP contribution in [0.5, 0.6) is 0 Å². The molecule has 2 saturated carbocycles. The molecular weight excluding hydrogens is 422 g/mol. The van der Waals surface area contributed by atoms with E-state index in [4.69, 9.17) is 16.0 Å². The lowest BCUT2D eigenvalue weighted by Gasteiger charge is -2.37. The highest BCUT2D eigenvalue weighted by molar-refractivity contribution is 6.32. The minimum absolute atomic E-state index is 0.0377. The number of nitro groups is 1. The second kappa shape index (κ2) is 6.37. The van der Waals surface area contributed by atoms with E-state index in [0.717, 1.165) is 11.4 Å². The molecule has 1 aliphatic heterocycles. The lowest BCUT2D eigenvalue weighted by Crippen LogP contribution is -2.40. The van der Waals surface area contributed by atoms with Gasteiger partial charge >= 0.3 is 0 Å². The number of carbonyl (C=O) groups is 2. The highest BCUT2D eigenvalue weighted by Crippen LogP contribution is 2.65. The third kappa shape index (κ3) is 2.64. The van der Waals surface area contributed by atoms with Crippen molar-refractivity contribution in [2.75, 3.05) is 0 Å². The zero-order chi connectivity index (χ0) is 21.4. The fourth-order valence-corrected chi connectivity index (χ4v) is 5.74. The Kier molecular flexibility index (Phi) is 3.80. The van der Waals surface area contributed by atoms with Gasteiger partial charge in [0, 0.05) is 11.6 Å². The van der Waals surface area contributed by atoms with E-state index in [9.17, 15) is 19.7 Å². The molecule has 31 heavy (non-hydrogen) atoms. The molecule has 5 aliphatic rings. The van der Waals surface area contributed by atoms with Crippen molar-refractivity contribution in [2.45, 2.75) is 6.42 Å². The van der Waals surface area contributed by atoms with E-state index in [1.54, 1.807) is 18.2 Å². The summed E-state index contributed by atoms with van der Waals surface area (Å²) in [6, 6.07) is 7.63. The summed E-state index contributed by atoms with van der Waals surface area (Å²) in [5.41, 5.74) is 0.264. The second-order valence-electron chi connectivity index (χ2n) is 8.51. The van der Waals surface area contributed by atoms with Gasteiger partial charge in [0.05, 0.1) is 23.0 Å². The maximum atomic E-state index is 12.9. The normalized spacial score (nSPS) is 32.6. The van der Waals surface area contributed by atoms with Crippen molar-refractivity contribution in [3.8, 4) is 11.3 Å². The van der Waals surface area contributed by atoms with Gasteiger partial charge in [-0.05, 0) is 54.4 Å². The standard InChI is InChI=1S/C22H16ClN3O5/c23-16-5-1-10(7-17(16)26(29)30)18-6-2-11(31-18)9-24-25-21(27)19-12-3-4-13(15-8-14(12)15)20(19)22(25)28/h1-7,9,12-15,19-20H,8H2/t12-,13-,14-,15-,19-,20+/m0/s1. The van der Waals surface area contributed by atoms with Crippen LogP contribution in [0.4, 0.5) is 5.69 Å². The number of nitrogens with zero attached hydrogens (tertiary/aromatic N) is 3. The number of hydrogen-bond donors (Lipinski definition) is 0. The SMILES string of the molecule is O=C1[C@@H]2[C@H]3C=C[C@@H]([C@@H]4C[C@@H]34)[C@@H]2C(=O)N1N=Cc1ccc(-c2ccc(Cl)c([N+](=O)[O-])c2)o1. The van der Waals surface area contributed by atoms with Gasteiger partial charge in [0.2, 0.25) is 0 Å². The molecule has 2 amide bonds. The Hall–Kier alpha value is -3.26. The van der Waals surface area contributed by atoms with E-state index in [1.807, 2.05) is 0 Å². The number of halogens is 1. The molecule has 9 heteroatoms. The number of rotatable bonds is 4.